The van der Waals surface area contributed by atoms with Crippen LogP contribution in [-0.4, -0.2) is 6.54 Å². The highest BCUT2D eigenvalue weighted by Gasteiger charge is 2.33. The summed E-state index contributed by atoms with van der Waals surface area (Å²) in [7, 11) is 0. The molecule has 1 N–H and O–H groups in total. The molecular formula is C15H19F4N. The van der Waals surface area contributed by atoms with Gasteiger partial charge in [0.15, 0.2) is 0 Å². The van der Waals surface area contributed by atoms with Gasteiger partial charge in [-0.25, -0.2) is 4.39 Å². The normalized spacial score (nSPS) is 16.8. The third kappa shape index (κ3) is 4.20. The Balaban J connectivity index is 1.88. The molecule has 5 heteroatoms. The molecule has 2 rings (SSSR count). The van der Waals surface area contributed by atoms with Crippen molar-refractivity contribution >= 4 is 0 Å². The first kappa shape index (κ1) is 15.3. The fourth-order valence-electron chi connectivity index (χ4n) is 2.79. The second-order valence-electron chi connectivity index (χ2n) is 5.42. The molecule has 1 saturated carbocycles. The van der Waals surface area contributed by atoms with E-state index in [0.29, 0.717) is 18.5 Å². The van der Waals surface area contributed by atoms with Crippen LogP contribution in [0.3, 0.4) is 0 Å². The highest BCUT2D eigenvalue weighted by Crippen LogP contribution is 2.32. The van der Waals surface area contributed by atoms with Crippen LogP contribution in [0.5, 0.6) is 0 Å². The first-order valence-electron chi connectivity index (χ1n) is 7.03. The van der Waals surface area contributed by atoms with E-state index in [0.717, 1.165) is 12.5 Å². The molecule has 0 radical (unpaired) electrons. The van der Waals surface area contributed by atoms with E-state index in [2.05, 4.69) is 5.32 Å². The lowest BCUT2D eigenvalue weighted by Crippen LogP contribution is -2.20. The Morgan fingerprint density at radius 3 is 2.50 bits per heavy atom. The predicted molar refractivity (Wildman–Crippen MR) is 69.7 cm³/mol. The second kappa shape index (κ2) is 6.57. The van der Waals surface area contributed by atoms with E-state index >= 15 is 0 Å². The van der Waals surface area contributed by atoms with Crippen LogP contribution in [0.25, 0.3) is 0 Å². The zero-order chi connectivity index (χ0) is 14.6. The lowest BCUT2D eigenvalue weighted by Gasteiger charge is -2.14. The Morgan fingerprint density at radius 1 is 1.15 bits per heavy atom. The van der Waals surface area contributed by atoms with Gasteiger partial charge >= 0.3 is 6.18 Å². The van der Waals surface area contributed by atoms with Crippen molar-refractivity contribution in [3.05, 3.63) is 35.1 Å². The van der Waals surface area contributed by atoms with Crippen molar-refractivity contribution in [2.24, 2.45) is 5.92 Å². The smallest absolute Gasteiger partial charge is 0.313 e. The van der Waals surface area contributed by atoms with Crippen LogP contribution >= 0.6 is 0 Å². The SMILES string of the molecule is Fc1ccc(CNCCC2CCCC2)c(C(F)(F)F)c1. The Labute approximate surface area is 116 Å². The number of alkyl halides is 3. The molecule has 0 amide bonds. The molecule has 20 heavy (non-hydrogen) atoms. The molecule has 0 bridgehead atoms. The number of hydrogen-bond donors (Lipinski definition) is 1. The van der Waals surface area contributed by atoms with Crippen LogP contribution < -0.4 is 5.32 Å². The molecule has 0 spiro atoms. The zero-order valence-corrected chi connectivity index (χ0v) is 11.3. The molecule has 0 atom stereocenters. The van der Waals surface area contributed by atoms with Crippen LogP contribution in [0.15, 0.2) is 18.2 Å². The third-order valence-electron chi connectivity index (χ3n) is 3.90. The standard InChI is InChI=1S/C15H19F4N/c16-13-6-5-12(14(9-13)15(17,18)19)10-20-8-7-11-3-1-2-4-11/h5-6,9,11,20H,1-4,7-8,10H2. The van der Waals surface area contributed by atoms with E-state index < -0.39 is 17.6 Å². The quantitative estimate of drug-likeness (QED) is 0.621. The largest absolute Gasteiger partial charge is 0.416 e. The van der Waals surface area contributed by atoms with Crippen molar-refractivity contribution in [1.82, 2.24) is 5.32 Å². The Bertz CT molecular complexity index is 436. The number of rotatable bonds is 5. The fourth-order valence-corrected chi connectivity index (χ4v) is 2.79. The van der Waals surface area contributed by atoms with Gasteiger partial charge in [0.05, 0.1) is 5.56 Å². The summed E-state index contributed by atoms with van der Waals surface area (Å²) >= 11 is 0. The maximum atomic E-state index is 12.9. The molecule has 1 aromatic carbocycles. The topological polar surface area (TPSA) is 12.0 Å². The zero-order valence-electron chi connectivity index (χ0n) is 11.3. The van der Waals surface area contributed by atoms with E-state index in [-0.39, 0.29) is 12.1 Å². The van der Waals surface area contributed by atoms with Crippen molar-refractivity contribution in [3.63, 3.8) is 0 Å². The van der Waals surface area contributed by atoms with Crippen molar-refractivity contribution in [2.45, 2.75) is 44.8 Å². The van der Waals surface area contributed by atoms with Gasteiger partial charge in [-0.15, -0.1) is 0 Å². The minimum absolute atomic E-state index is 0.102. The van der Waals surface area contributed by atoms with E-state index in [1.807, 2.05) is 0 Å². The highest BCUT2D eigenvalue weighted by molar-refractivity contribution is 5.30. The Morgan fingerprint density at radius 2 is 1.85 bits per heavy atom. The van der Waals surface area contributed by atoms with Gasteiger partial charge in [0, 0.05) is 6.54 Å². The van der Waals surface area contributed by atoms with Crippen molar-refractivity contribution < 1.29 is 17.6 Å². The molecule has 1 aliphatic carbocycles. The van der Waals surface area contributed by atoms with Gasteiger partial charge in [0.2, 0.25) is 0 Å². The summed E-state index contributed by atoms with van der Waals surface area (Å²) in [5, 5.41) is 3.04. The van der Waals surface area contributed by atoms with E-state index in [9.17, 15) is 17.6 Å². The average Bonchev–Trinajstić information content (AvgIpc) is 2.88. The minimum Gasteiger partial charge on any atom is -0.313 e. The fraction of sp³-hybridized carbons (Fsp3) is 0.600. The lowest BCUT2D eigenvalue weighted by atomic mass is 10.0. The van der Waals surface area contributed by atoms with Crippen molar-refractivity contribution in [1.29, 1.82) is 0 Å². The number of halogens is 4. The molecule has 0 unspecified atom stereocenters. The van der Waals surface area contributed by atoms with Crippen LogP contribution in [0.4, 0.5) is 17.6 Å². The summed E-state index contributed by atoms with van der Waals surface area (Å²) in [6.45, 7) is 0.835. The van der Waals surface area contributed by atoms with Crippen molar-refractivity contribution in [2.75, 3.05) is 6.54 Å². The van der Waals surface area contributed by atoms with Crippen LogP contribution in [0.2, 0.25) is 0 Å². The van der Waals surface area contributed by atoms with Crippen LogP contribution in [-0.2, 0) is 12.7 Å². The second-order valence-corrected chi connectivity index (χ2v) is 5.42. The van der Waals surface area contributed by atoms with Crippen LogP contribution in [0, 0.1) is 11.7 Å². The molecule has 1 aromatic rings. The summed E-state index contributed by atoms with van der Waals surface area (Å²) < 4.78 is 51.3. The first-order valence-corrected chi connectivity index (χ1v) is 7.03. The van der Waals surface area contributed by atoms with Gasteiger partial charge in [0.25, 0.3) is 0 Å². The molecule has 0 aromatic heterocycles. The van der Waals surface area contributed by atoms with E-state index in [1.54, 1.807) is 0 Å². The molecule has 1 fully saturated rings. The van der Waals surface area contributed by atoms with Gasteiger partial charge < -0.3 is 5.32 Å². The van der Waals surface area contributed by atoms with Crippen LogP contribution in [0.1, 0.15) is 43.2 Å². The molecular weight excluding hydrogens is 270 g/mol. The Hall–Kier alpha value is -1.10. The van der Waals surface area contributed by atoms with Crippen molar-refractivity contribution in [3.8, 4) is 0 Å². The molecule has 0 heterocycles. The summed E-state index contributed by atoms with van der Waals surface area (Å²) in [5.74, 6) is -0.148. The van der Waals surface area contributed by atoms with Gasteiger partial charge in [0.1, 0.15) is 5.82 Å². The molecule has 0 aliphatic heterocycles. The lowest BCUT2D eigenvalue weighted by molar-refractivity contribution is -0.138. The van der Waals surface area contributed by atoms with Gasteiger partial charge in [-0.2, -0.15) is 13.2 Å². The molecule has 1 nitrogen and oxygen atoms in total. The third-order valence-corrected chi connectivity index (χ3v) is 3.90. The average molecular weight is 289 g/mol. The summed E-state index contributed by atoms with van der Waals surface area (Å²) in [4.78, 5) is 0. The highest BCUT2D eigenvalue weighted by atomic mass is 19.4. The summed E-state index contributed by atoms with van der Waals surface area (Å²) in [5.41, 5.74) is -0.781. The van der Waals surface area contributed by atoms with E-state index in [1.165, 1.54) is 31.7 Å². The molecule has 112 valence electrons. The maximum Gasteiger partial charge on any atom is 0.416 e. The minimum atomic E-state index is -4.51. The maximum absolute atomic E-state index is 12.9. The molecule has 1 aliphatic rings. The summed E-state index contributed by atoms with van der Waals surface area (Å²) in [6, 6.07) is 2.85. The van der Waals surface area contributed by atoms with Gasteiger partial charge in [-0.05, 0) is 36.6 Å². The number of nitrogens with one attached hydrogen (secondary N) is 1. The first-order chi connectivity index (χ1) is 9.47. The van der Waals surface area contributed by atoms with Gasteiger partial charge in [-0.1, -0.05) is 31.7 Å². The number of hydrogen-bond acceptors (Lipinski definition) is 1. The molecule has 0 saturated heterocycles. The monoisotopic (exact) mass is 289 g/mol. The van der Waals surface area contributed by atoms with E-state index in [4.69, 9.17) is 0 Å². The Kier molecular flexibility index (Phi) is 5.02. The number of benzene rings is 1. The predicted octanol–water partition coefficient (Wildman–Crippen LogP) is 4.51. The summed E-state index contributed by atoms with van der Waals surface area (Å²) in [6.07, 6.45) is 1.48. The van der Waals surface area contributed by atoms with Gasteiger partial charge in [-0.3, -0.25) is 0 Å².